The molecule has 1 N–H and O–H groups in total. The van der Waals surface area contributed by atoms with Gasteiger partial charge in [0.15, 0.2) is 0 Å². The van der Waals surface area contributed by atoms with Crippen molar-refractivity contribution in [1.29, 1.82) is 0 Å². The largest absolute Gasteiger partial charge is 0.478 e. The summed E-state index contributed by atoms with van der Waals surface area (Å²) in [5.41, 5.74) is 0.613. The summed E-state index contributed by atoms with van der Waals surface area (Å²) in [6.45, 7) is 3.63. The quantitative estimate of drug-likeness (QED) is 0.848. The summed E-state index contributed by atoms with van der Waals surface area (Å²) in [7, 11) is 0. The lowest BCUT2D eigenvalue weighted by molar-refractivity contribution is 0.0697. The Balaban J connectivity index is 2.19. The molecule has 1 unspecified atom stereocenters. The highest BCUT2D eigenvalue weighted by Crippen LogP contribution is 2.18. The molecular formula is C13H15NO3. The second kappa shape index (κ2) is 4.57. The summed E-state index contributed by atoms with van der Waals surface area (Å²) in [5, 5.41) is 8.87. The van der Waals surface area contributed by atoms with Crippen LogP contribution >= 0.6 is 0 Å². The fourth-order valence-corrected chi connectivity index (χ4v) is 2.09. The Hall–Kier alpha value is -1.84. The third-order valence-electron chi connectivity index (χ3n) is 3.07. The molecule has 1 aliphatic rings. The molecule has 1 aromatic carbocycles. The molecule has 0 aliphatic carbocycles. The van der Waals surface area contributed by atoms with Crippen LogP contribution in [0.4, 0.5) is 0 Å². The van der Waals surface area contributed by atoms with E-state index in [0.29, 0.717) is 11.5 Å². The first kappa shape index (κ1) is 11.6. The maximum absolute atomic E-state index is 12.1. The van der Waals surface area contributed by atoms with Gasteiger partial charge in [-0.2, -0.15) is 0 Å². The highest BCUT2D eigenvalue weighted by atomic mass is 16.4. The lowest BCUT2D eigenvalue weighted by atomic mass is 10.1. The topological polar surface area (TPSA) is 57.6 Å². The standard InChI is InChI=1S/C13H15NO3/c1-9-5-6-14(8-9)12(15)10-3-2-4-11(7-10)13(16)17/h2-4,7,9H,5-6,8H2,1H3,(H,16,17). The maximum Gasteiger partial charge on any atom is 0.335 e. The molecule has 1 heterocycles. The molecule has 2 rings (SSSR count). The molecule has 4 heteroatoms. The van der Waals surface area contributed by atoms with Crippen molar-refractivity contribution in [3.05, 3.63) is 35.4 Å². The zero-order valence-corrected chi connectivity index (χ0v) is 9.72. The molecule has 1 amide bonds. The van der Waals surface area contributed by atoms with Gasteiger partial charge in [-0.25, -0.2) is 4.79 Å². The van der Waals surface area contributed by atoms with E-state index in [1.807, 2.05) is 0 Å². The van der Waals surface area contributed by atoms with Gasteiger partial charge in [0.1, 0.15) is 0 Å². The van der Waals surface area contributed by atoms with E-state index in [1.165, 1.54) is 12.1 Å². The van der Waals surface area contributed by atoms with Crippen LogP contribution in [0.5, 0.6) is 0 Å². The zero-order valence-electron chi connectivity index (χ0n) is 9.72. The molecule has 1 aromatic rings. The molecule has 0 bridgehead atoms. The van der Waals surface area contributed by atoms with Crippen molar-refractivity contribution in [1.82, 2.24) is 4.90 Å². The number of carboxylic acids is 1. The molecule has 0 saturated carbocycles. The van der Waals surface area contributed by atoms with Crippen LogP contribution in [-0.2, 0) is 0 Å². The maximum atomic E-state index is 12.1. The van der Waals surface area contributed by atoms with Gasteiger partial charge in [0.25, 0.3) is 5.91 Å². The molecule has 90 valence electrons. The van der Waals surface area contributed by atoms with E-state index in [1.54, 1.807) is 17.0 Å². The van der Waals surface area contributed by atoms with Gasteiger partial charge in [-0.05, 0) is 30.5 Å². The number of aromatic carboxylic acids is 1. The van der Waals surface area contributed by atoms with E-state index >= 15 is 0 Å². The van der Waals surface area contributed by atoms with Gasteiger partial charge in [-0.1, -0.05) is 13.0 Å². The average molecular weight is 233 g/mol. The molecule has 1 fully saturated rings. The second-order valence-electron chi connectivity index (χ2n) is 4.53. The highest BCUT2D eigenvalue weighted by Gasteiger charge is 2.24. The van der Waals surface area contributed by atoms with Crippen molar-refractivity contribution in [2.45, 2.75) is 13.3 Å². The van der Waals surface area contributed by atoms with Crippen LogP contribution in [0.2, 0.25) is 0 Å². The van der Waals surface area contributed by atoms with E-state index in [0.717, 1.165) is 19.5 Å². The first-order chi connectivity index (χ1) is 8.08. The molecule has 1 aliphatic heterocycles. The summed E-state index contributed by atoms with van der Waals surface area (Å²) in [6.07, 6.45) is 1.02. The summed E-state index contributed by atoms with van der Waals surface area (Å²) in [4.78, 5) is 24.7. The van der Waals surface area contributed by atoms with E-state index in [-0.39, 0.29) is 11.5 Å². The van der Waals surface area contributed by atoms with E-state index < -0.39 is 5.97 Å². The zero-order chi connectivity index (χ0) is 12.4. The molecule has 17 heavy (non-hydrogen) atoms. The van der Waals surface area contributed by atoms with Gasteiger partial charge < -0.3 is 10.0 Å². The van der Waals surface area contributed by atoms with Crippen LogP contribution in [-0.4, -0.2) is 35.0 Å². The number of carboxylic acid groups (broad SMARTS) is 1. The van der Waals surface area contributed by atoms with Crippen LogP contribution in [0, 0.1) is 5.92 Å². The minimum Gasteiger partial charge on any atom is -0.478 e. The first-order valence-corrected chi connectivity index (χ1v) is 5.70. The summed E-state index contributed by atoms with van der Waals surface area (Å²) in [6, 6.07) is 6.20. The van der Waals surface area contributed by atoms with E-state index in [4.69, 9.17) is 5.11 Å². The lowest BCUT2D eigenvalue weighted by Crippen LogP contribution is -2.28. The third kappa shape index (κ3) is 2.46. The SMILES string of the molecule is CC1CCN(C(=O)c2cccc(C(=O)O)c2)C1. The van der Waals surface area contributed by atoms with Gasteiger partial charge in [0.05, 0.1) is 5.56 Å². The summed E-state index contributed by atoms with van der Waals surface area (Å²) in [5.74, 6) is -0.548. The lowest BCUT2D eigenvalue weighted by Gasteiger charge is -2.15. The highest BCUT2D eigenvalue weighted by molar-refractivity contribution is 5.97. The number of likely N-dealkylation sites (tertiary alicyclic amines) is 1. The Morgan fingerprint density at radius 1 is 1.35 bits per heavy atom. The first-order valence-electron chi connectivity index (χ1n) is 5.70. The van der Waals surface area contributed by atoms with Crippen LogP contribution in [0.1, 0.15) is 34.1 Å². The van der Waals surface area contributed by atoms with Crippen molar-refractivity contribution in [3.8, 4) is 0 Å². The Morgan fingerprint density at radius 2 is 2.06 bits per heavy atom. The number of carbonyl (C=O) groups is 2. The fraction of sp³-hybridized carbons (Fsp3) is 0.385. The summed E-state index contributed by atoms with van der Waals surface area (Å²) < 4.78 is 0. The van der Waals surface area contributed by atoms with Crippen molar-refractivity contribution < 1.29 is 14.7 Å². The third-order valence-corrected chi connectivity index (χ3v) is 3.07. The number of hydrogen-bond donors (Lipinski definition) is 1. The minimum absolute atomic E-state index is 0.0718. The Bertz CT molecular complexity index is 456. The van der Waals surface area contributed by atoms with Crippen molar-refractivity contribution in [2.75, 3.05) is 13.1 Å². The van der Waals surface area contributed by atoms with Gasteiger partial charge in [0, 0.05) is 18.7 Å². The molecule has 0 aromatic heterocycles. The second-order valence-corrected chi connectivity index (χ2v) is 4.53. The predicted molar refractivity (Wildman–Crippen MR) is 63.1 cm³/mol. The van der Waals surface area contributed by atoms with Gasteiger partial charge >= 0.3 is 5.97 Å². The number of nitrogens with zero attached hydrogens (tertiary/aromatic N) is 1. The summed E-state index contributed by atoms with van der Waals surface area (Å²) >= 11 is 0. The van der Waals surface area contributed by atoms with E-state index in [9.17, 15) is 9.59 Å². The fourth-order valence-electron chi connectivity index (χ4n) is 2.09. The number of benzene rings is 1. The minimum atomic E-state index is -1.01. The number of rotatable bonds is 2. The smallest absolute Gasteiger partial charge is 0.335 e. The Kier molecular flexibility index (Phi) is 3.13. The molecule has 0 radical (unpaired) electrons. The van der Waals surface area contributed by atoms with Crippen LogP contribution in [0.3, 0.4) is 0 Å². The average Bonchev–Trinajstić information content (AvgIpc) is 2.75. The Morgan fingerprint density at radius 3 is 2.65 bits per heavy atom. The Labute approximate surface area is 99.9 Å². The molecule has 1 atom stereocenters. The predicted octanol–water partition coefficient (Wildman–Crippen LogP) is 1.87. The molecule has 1 saturated heterocycles. The van der Waals surface area contributed by atoms with Gasteiger partial charge in [-0.15, -0.1) is 0 Å². The van der Waals surface area contributed by atoms with Gasteiger partial charge in [0.2, 0.25) is 0 Å². The van der Waals surface area contributed by atoms with Crippen molar-refractivity contribution in [3.63, 3.8) is 0 Å². The van der Waals surface area contributed by atoms with E-state index in [2.05, 4.69) is 6.92 Å². The van der Waals surface area contributed by atoms with Crippen LogP contribution in [0.15, 0.2) is 24.3 Å². The van der Waals surface area contributed by atoms with Crippen molar-refractivity contribution >= 4 is 11.9 Å². The number of amides is 1. The molecule has 0 spiro atoms. The normalized spacial score (nSPS) is 19.4. The molecular weight excluding hydrogens is 218 g/mol. The van der Waals surface area contributed by atoms with Crippen molar-refractivity contribution in [2.24, 2.45) is 5.92 Å². The molecule has 4 nitrogen and oxygen atoms in total. The number of hydrogen-bond acceptors (Lipinski definition) is 2. The van der Waals surface area contributed by atoms with Crippen LogP contribution < -0.4 is 0 Å². The number of carbonyl (C=O) groups excluding carboxylic acids is 1. The van der Waals surface area contributed by atoms with Crippen LogP contribution in [0.25, 0.3) is 0 Å². The van der Waals surface area contributed by atoms with Gasteiger partial charge in [-0.3, -0.25) is 4.79 Å². The monoisotopic (exact) mass is 233 g/mol.